The molecule has 18 heavy (non-hydrogen) atoms. The first kappa shape index (κ1) is 13.6. The van der Waals surface area contributed by atoms with Crippen molar-refractivity contribution in [3.63, 3.8) is 0 Å². The first-order valence-corrected chi connectivity index (χ1v) is 8.03. The minimum absolute atomic E-state index is 0.0484. The van der Waals surface area contributed by atoms with Gasteiger partial charge in [-0.25, -0.2) is 4.79 Å². The number of halogens is 1. The molecule has 6 nitrogen and oxygen atoms in total. The summed E-state index contributed by atoms with van der Waals surface area (Å²) in [5, 5.41) is 1.58. The SMILES string of the molecule is Cc1csc(C(=O)OC2CCO2)c1OS(=O)(=O)Cl. The van der Waals surface area contributed by atoms with Gasteiger partial charge in [-0.05, 0) is 12.3 Å². The number of ether oxygens (including phenoxy) is 2. The van der Waals surface area contributed by atoms with E-state index in [4.69, 9.17) is 20.2 Å². The molecule has 2 rings (SSSR count). The van der Waals surface area contributed by atoms with E-state index in [0.717, 1.165) is 11.3 Å². The fourth-order valence-electron chi connectivity index (χ4n) is 1.26. The van der Waals surface area contributed by atoms with Crippen molar-refractivity contribution in [3.05, 3.63) is 15.8 Å². The van der Waals surface area contributed by atoms with Gasteiger partial charge in [0.05, 0.1) is 17.3 Å². The van der Waals surface area contributed by atoms with Crippen molar-refractivity contribution in [2.24, 2.45) is 0 Å². The molecule has 1 fully saturated rings. The minimum atomic E-state index is -4.21. The van der Waals surface area contributed by atoms with Crippen LogP contribution in [0.4, 0.5) is 0 Å². The Bertz CT molecular complexity index is 560. The zero-order valence-corrected chi connectivity index (χ0v) is 11.6. The van der Waals surface area contributed by atoms with Gasteiger partial charge in [-0.3, -0.25) is 0 Å². The van der Waals surface area contributed by atoms with Crippen LogP contribution in [-0.4, -0.2) is 27.3 Å². The Morgan fingerprint density at radius 1 is 1.61 bits per heavy atom. The highest BCUT2D eigenvalue weighted by atomic mass is 35.7. The number of thiophene rings is 1. The lowest BCUT2D eigenvalue weighted by atomic mass is 10.3. The second-order valence-corrected chi connectivity index (χ2v) is 6.51. The van der Waals surface area contributed by atoms with Crippen molar-refractivity contribution in [2.75, 3.05) is 6.61 Å². The molecular formula is C9H9ClO6S2. The average Bonchev–Trinajstić information content (AvgIpc) is 2.52. The van der Waals surface area contributed by atoms with Crippen LogP contribution in [0.15, 0.2) is 5.38 Å². The van der Waals surface area contributed by atoms with Crippen LogP contribution >= 0.6 is 22.0 Å². The largest absolute Gasteiger partial charge is 0.431 e. The predicted molar refractivity (Wildman–Crippen MR) is 64.2 cm³/mol. The molecule has 1 aromatic rings. The van der Waals surface area contributed by atoms with E-state index in [1.54, 1.807) is 12.3 Å². The van der Waals surface area contributed by atoms with Crippen molar-refractivity contribution in [2.45, 2.75) is 19.6 Å². The Morgan fingerprint density at radius 3 is 2.78 bits per heavy atom. The molecule has 0 radical (unpaired) electrons. The number of carbonyl (C=O) groups excluding carboxylic acids is 1. The Labute approximate surface area is 112 Å². The second-order valence-electron chi connectivity index (χ2n) is 3.55. The summed E-state index contributed by atoms with van der Waals surface area (Å²) in [4.78, 5) is 11.8. The number of rotatable bonds is 4. The van der Waals surface area contributed by atoms with Crippen LogP contribution in [0.2, 0.25) is 0 Å². The van der Waals surface area contributed by atoms with Crippen molar-refractivity contribution in [1.82, 2.24) is 0 Å². The standard InChI is InChI=1S/C9H9ClO6S2/c1-5-4-17-8(7(5)16-18(10,12)13)9(11)15-6-2-3-14-6/h4,6H,2-3H2,1H3. The number of hydrogen-bond acceptors (Lipinski definition) is 7. The zero-order valence-electron chi connectivity index (χ0n) is 9.21. The highest BCUT2D eigenvalue weighted by molar-refractivity contribution is 8.10. The first-order valence-electron chi connectivity index (χ1n) is 4.91. The summed E-state index contributed by atoms with van der Waals surface area (Å²) in [6.07, 6.45) is 0.0560. The summed E-state index contributed by atoms with van der Waals surface area (Å²) < 4.78 is 36.3. The quantitative estimate of drug-likeness (QED) is 0.623. The normalized spacial score (nSPS) is 19.1. The molecule has 2 heterocycles. The third-order valence-electron chi connectivity index (χ3n) is 2.18. The van der Waals surface area contributed by atoms with Crippen LogP contribution in [0, 0.1) is 6.92 Å². The lowest BCUT2D eigenvalue weighted by Crippen LogP contribution is -2.31. The summed E-state index contributed by atoms with van der Waals surface area (Å²) in [6, 6.07) is 0. The van der Waals surface area contributed by atoms with E-state index in [2.05, 4.69) is 4.18 Å². The monoisotopic (exact) mass is 312 g/mol. The lowest BCUT2D eigenvalue weighted by molar-refractivity contribution is -0.184. The average molecular weight is 313 g/mol. The van der Waals surface area contributed by atoms with Gasteiger partial charge in [0.25, 0.3) is 0 Å². The summed E-state index contributed by atoms with van der Waals surface area (Å²) in [6.45, 7) is 2.14. The molecular weight excluding hydrogens is 304 g/mol. The maximum absolute atomic E-state index is 11.8. The van der Waals surface area contributed by atoms with Crippen LogP contribution < -0.4 is 4.18 Å². The van der Waals surface area contributed by atoms with E-state index in [1.165, 1.54) is 0 Å². The fourth-order valence-corrected chi connectivity index (χ4v) is 2.77. The van der Waals surface area contributed by atoms with Gasteiger partial charge in [0.15, 0.2) is 10.6 Å². The van der Waals surface area contributed by atoms with Crippen LogP contribution in [-0.2, 0) is 18.8 Å². The molecule has 100 valence electrons. The van der Waals surface area contributed by atoms with Crippen molar-refractivity contribution in [1.29, 1.82) is 0 Å². The molecule has 9 heteroatoms. The number of hydrogen-bond donors (Lipinski definition) is 0. The fraction of sp³-hybridized carbons (Fsp3) is 0.444. The smallest absolute Gasteiger partial charge is 0.401 e. The Kier molecular flexibility index (Phi) is 3.81. The van der Waals surface area contributed by atoms with E-state index in [1.807, 2.05) is 0 Å². The van der Waals surface area contributed by atoms with Crippen molar-refractivity contribution >= 4 is 37.3 Å². The summed E-state index contributed by atoms with van der Waals surface area (Å²) in [5.41, 5.74) is 0.491. The molecule has 0 amide bonds. The molecule has 1 unspecified atom stereocenters. The molecule has 1 atom stereocenters. The Morgan fingerprint density at radius 2 is 2.28 bits per heavy atom. The van der Waals surface area contributed by atoms with Gasteiger partial charge in [0, 0.05) is 12.0 Å². The highest BCUT2D eigenvalue weighted by Crippen LogP contribution is 2.33. The number of aryl methyl sites for hydroxylation is 1. The van der Waals surface area contributed by atoms with Crippen LogP contribution in [0.1, 0.15) is 21.7 Å². The molecule has 0 saturated carbocycles. The van der Waals surface area contributed by atoms with Gasteiger partial charge in [0.1, 0.15) is 0 Å². The Balaban J connectivity index is 2.19. The van der Waals surface area contributed by atoms with E-state index >= 15 is 0 Å². The van der Waals surface area contributed by atoms with Gasteiger partial charge in [-0.1, -0.05) is 0 Å². The molecule has 1 aliphatic rings. The third-order valence-corrected chi connectivity index (χ3v) is 3.80. The van der Waals surface area contributed by atoms with E-state index < -0.39 is 21.6 Å². The topological polar surface area (TPSA) is 78.9 Å². The summed E-state index contributed by atoms with van der Waals surface area (Å²) in [7, 11) is 0.789. The zero-order chi connectivity index (χ0) is 13.3. The molecule has 0 aliphatic carbocycles. The van der Waals surface area contributed by atoms with Gasteiger partial charge in [-0.2, -0.15) is 8.42 Å². The molecule has 0 aromatic carbocycles. The van der Waals surface area contributed by atoms with Crippen LogP contribution in [0.3, 0.4) is 0 Å². The summed E-state index contributed by atoms with van der Waals surface area (Å²) in [5.74, 6) is -0.785. The predicted octanol–water partition coefficient (Wildman–Crippen LogP) is 1.82. The van der Waals surface area contributed by atoms with Crippen LogP contribution in [0.25, 0.3) is 0 Å². The van der Waals surface area contributed by atoms with E-state index in [9.17, 15) is 13.2 Å². The third kappa shape index (κ3) is 3.14. The summed E-state index contributed by atoms with van der Waals surface area (Å²) >= 11 is 1.02. The molecule has 1 aromatic heterocycles. The van der Waals surface area contributed by atoms with Crippen molar-refractivity contribution in [3.8, 4) is 5.75 Å². The Hall–Kier alpha value is -0.830. The van der Waals surface area contributed by atoms with Gasteiger partial charge in [0.2, 0.25) is 6.29 Å². The molecule has 0 N–H and O–H groups in total. The minimum Gasteiger partial charge on any atom is -0.431 e. The van der Waals surface area contributed by atoms with Crippen LogP contribution in [0.5, 0.6) is 5.75 Å². The molecule has 1 saturated heterocycles. The maximum Gasteiger partial charge on any atom is 0.401 e. The van der Waals surface area contributed by atoms with Crippen molar-refractivity contribution < 1.29 is 26.9 Å². The second kappa shape index (κ2) is 5.04. The van der Waals surface area contributed by atoms with Gasteiger partial charge >= 0.3 is 15.3 Å². The molecule has 1 aliphatic heterocycles. The maximum atomic E-state index is 11.8. The van der Waals surface area contributed by atoms with Gasteiger partial charge in [-0.15, -0.1) is 11.3 Å². The number of carbonyl (C=O) groups is 1. The first-order chi connectivity index (χ1) is 8.37. The van der Waals surface area contributed by atoms with Gasteiger partial charge < -0.3 is 13.7 Å². The van der Waals surface area contributed by atoms with E-state index in [-0.39, 0.29) is 10.6 Å². The van der Waals surface area contributed by atoms with E-state index in [0.29, 0.717) is 18.6 Å². The molecule has 0 spiro atoms. The highest BCUT2D eigenvalue weighted by Gasteiger charge is 2.28. The molecule has 0 bridgehead atoms. The number of esters is 1. The lowest BCUT2D eigenvalue weighted by Gasteiger charge is -2.25.